The van der Waals surface area contributed by atoms with Crippen LogP contribution in [0.25, 0.3) is 5.57 Å². The minimum absolute atomic E-state index is 0.00611. The summed E-state index contributed by atoms with van der Waals surface area (Å²) in [6.45, 7) is 9.57. The number of hydrogen-bond donors (Lipinski definition) is 0. The van der Waals surface area contributed by atoms with Crippen molar-refractivity contribution in [2.75, 3.05) is 6.61 Å². The Labute approximate surface area is 185 Å². The third-order valence-electron chi connectivity index (χ3n) is 6.31. The molecule has 1 heteroatoms. The third kappa shape index (κ3) is 6.98. The summed E-state index contributed by atoms with van der Waals surface area (Å²) in [5.41, 5.74) is 6.19. The number of rotatable bonds is 12. The van der Waals surface area contributed by atoms with Crippen LogP contribution in [0.15, 0.2) is 54.1 Å². The summed E-state index contributed by atoms with van der Waals surface area (Å²) in [4.78, 5) is 0. The predicted octanol–water partition coefficient (Wildman–Crippen LogP) is 8.63. The van der Waals surface area contributed by atoms with Crippen LogP contribution in [0.2, 0.25) is 0 Å². The lowest BCUT2D eigenvalue weighted by molar-refractivity contribution is -0.00472. The Hall–Kier alpha value is -1.60. The molecule has 0 amide bonds. The maximum Gasteiger partial charge on any atom is 0.0598 e. The molecule has 2 aliphatic carbocycles. The van der Waals surface area contributed by atoms with Crippen LogP contribution < -0.4 is 0 Å². The summed E-state index contributed by atoms with van der Waals surface area (Å²) >= 11 is 0. The molecule has 2 aliphatic rings. The molecule has 0 N–H and O–H groups in total. The molecule has 0 saturated heterocycles. The van der Waals surface area contributed by atoms with E-state index in [4.69, 9.17) is 4.74 Å². The van der Waals surface area contributed by atoms with Gasteiger partial charge in [0, 0.05) is 12.5 Å². The minimum Gasteiger partial charge on any atom is -0.376 e. The summed E-state index contributed by atoms with van der Waals surface area (Å²) in [6.07, 6.45) is 21.2. The Kier molecular flexibility index (Phi) is 8.57. The predicted molar refractivity (Wildman–Crippen MR) is 131 cm³/mol. The van der Waals surface area contributed by atoms with Crippen LogP contribution in [-0.2, 0) is 4.74 Å². The van der Waals surface area contributed by atoms with E-state index in [-0.39, 0.29) is 5.60 Å². The second kappa shape index (κ2) is 11.1. The quantitative estimate of drug-likeness (QED) is 0.316. The van der Waals surface area contributed by atoms with E-state index in [9.17, 15) is 0 Å². The van der Waals surface area contributed by atoms with Crippen molar-refractivity contribution in [2.45, 2.75) is 97.0 Å². The largest absolute Gasteiger partial charge is 0.376 e. The van der Waals surface area contributed by atoms with E-state index in [0.717, 1.165) is 6.61 Å². The number of allylic oxidation sites excluding steroid dienone is 6. The lowest BCUT2D eigenvalue weighted by atomic mass is 9.91. The van der Waals surface area contributed by atoms with Crippen LogP contribution in [0.1, 0.15) is 103 Å². The number of unbranched alkanes of at least 4 members (excludes halogenated alkanes) is 4. The van der Waals surface area contributed by atoms with Gasteiger partial charge >= 0.3 is 0 Å². The van der Waals surface area contributed by atoms with Crippen molar-refractivity contribution in [1.29, 1.82) is 0 Å². The normalized spacial score (nSPS) is 20.4. The minimum atomic E-state index is -0.00611. The highest BCUT2D eigenvalue weighted by atomic mass is 16.5. The van der Waals surface area contributed by atoms with Gasteiger partial charge in [0.2, 0.25) is 0 Å². The number of hydrogen-bond acceptors (Lipinski definition) is 1. The molecule has 0 bridgehead atoms. The first kappa shape index (κ1) is 23.1. The molecule has 0 saturated carbocycles. The molecule has 1 nitrogen and oxygen atoms in total. The van der Waals surface area contributed by atoms with Crippen molar-refractivity contribution in [1.82, 2.24) is 0 Å². The van der Waals surface area contributed by atoms with E-state index in [1.54, 1.807) is 16.7 Å². The average molecular weight is 407 g/mol. The smallest absolute Gasteiger partial charge is 0.0598 e. The van der Waals surface area contributed by atoms with E-state index < -0.39 is 0 Å². The van der Waals surface area contributed by atoms with Crippen molar-refractivity contribution < 1.29 is 4.74 Å². The van der Waals surface area contributed by atoms with Crippen molar-refractivity contribution in [2.24, 2.45) is 5.92 Å². The van der Waals surface area contributed by atoms with E-state index >= 15 is 0 Å². The van der Waals surface area contributed by atoms with Crippen molar-refractivity contribution in [3.63, 3.8) is 0 Å². The molecule has 0 fully saturated rings. The summed E-state index contributed by atoms with van der Waals surface area (Å²) < 4.78 is 5.84. The van der Waals surface area contributed by atoms with Gasteiger partial charge in [0.15, 0.2) is 0 Å². The van der Waals surface area contributed by atoms with Crippen LogP contribution >= 0.6 is 0 Å². The van der Waals surface area contributed by atoms with Gasteiger partial charge in [-0.3, -0.25) is 0 Å². The monoisotopic (exact) mass is 406 g/mol. The summed E-state index contributed by atoms with van der Waals surface area (Å²) in [5.74, 6) is 1.18. The van der Waals surface area contributed by atoms with Gasteiger partial charge in [0.25, 0.3) is 0 Å². The topological polar surface area (TPSA) is 9.23 Å². The maximum atomic E-state index is 5.84. The maximum absolute atomic E-state index is 5.84. The third-order valence-corrected chi connectivity index (χ3v) is 6.31. The van der Waals surface area contributed by atoms with E-state index in [1.807, 2.05) is 0 Å². The molecular formula is C29H42O. The molecule has 1 aromatic carbocycles. The average Bonchev–Trinajstić information content (AvgIpc) is 3.30. The lowest BCUT2D eigenvalue weighted by Crippen LogP contribution is -2.19. The van der Waals surface area contributed by atoms with Gasteiger partial charge in [0.1, 0.15) is 0 Å². The van der Waals surface area contributed by atoms with Gasteiger partial charge in [-0.05, 0) is 81.9 Å². The van der Waals surface area contributed by atoms with Gasteiger partial charge in [-0.25, -0.2) is 0 Å². The van der Waals surface area contributed by atoms with Crippen LogP contribution in [-0.4, -0.2) is 12.2 Å². The van der Waals surface area contributed by atoms with Gasteiger partial charge in [-0.1, -0.05) is 80.3 Å². The molecular weight excluding hydrogens is 364 g/mol. The van der Waals surface area contributed by atoms with Crippen LogP contribution in [0, 0.1) is 5.92 Å². The zero-order chi connectivity index (χ0) is 21.4. The molecule has 0 aromatic heterocycles. The number of benzene rings is 1. The first-order valence-electron chi connectivity index (χ1n) is 12.3. The Balaban J connectivity index is 1.48. The van der Waals surface area contributed by atoms with E-state index in [1.165, 1.54) is 63.4 Å². The fourth-order valence-electron chi connectivity index (χ4n) is 4.72. The van der Waals surface area contributed by atoms with Crippen LogP contribution in [0.4, 0.5) is 0 Å². The number of fused-ring (bicyclic) bond motifs is 1. The fourth-order valence-corrected chi connectivity index (χ4v) is 4.72. The van der Waals surface area contributed by atoms with Crippen molar-refractivity contribution >= 4 is 5.57 Å². The molecule has 0 radical (unpaired) electrons. The first-order chi connectivity index (χ1) is 14.5. The highest BCUT2D eigenvalue weighted by molar-refractivity contribution is 5.74. The van der Waals surface area contributed by atoms with Crippen molar-refractivity contribution in [3.8, 4) is 0 Å². The Morgan fingerprint density at radius 2 is 1.70 bits per heavy atom. The number of ether oxygens (including phenoxy) is 1. The van der Waals surface area contributed by atoms with E-state index in [2.05, 4.69) is 76.3 Å². The molecule has 0 aliphatic heterocycles. The molecule has 2 atom stereocenters. The van der Waals surface area contributed by atoms with Crippen LogP contribution in [0.5, 0.6) is 0 Å². The second-order valence-electron chi connectivity index (χ2n) is 10.1. The Bertz CT molecular complexity index is 759. The highest BCUT2D eigenvalue weighted by Crippen LogP contribution is 2.42. The Morgan fingerprint density at radius 1 is 0.900 bits per heavy atom. The summed E-state index contributed by atoms with van der Waals surface area (Å²) in [5, 5.41) is 0. The lowest BCUT2D eigenvalue weighted by Gasteiger charge is -2.19. The second-order valence-corrected chi connectivity index (χ2v) is 10.1. The van der Waals surface area contributed by atoms with Crippen molar-refractivity contribution in [3.05, 3.63) is 65.3 Å². The molecule has 164 valence electrons. The van der Waals surface area contributed by atoms with Gasteiger partial charge in [-0.2, -0.15) is 0 Å². The summed E-state index contributed by atoms with van der Waals surface area (Å²) in [6, 6.07) is 9.11. The van der Waals surface area contributed by atoms with Gasteiger partial charge in [0.05, 0.1) is 5.60 Å². The highest BCUT2D eigenvalue weighted by Gasteiger charge is 2.25. The van der Waals surface area contributed by atoms with Crippen LogP contribution in [0.3, 0.4) is 0 Å². The molecule has 0 spiro atoms. The zero-order valence-electron chi connectivity index (χ0n) is 19.8. The molecule has 0 heterocycles. The Morgan fingerprint density at radius 3 is 2.50 bits per heavy atom. The van der Waals surface area contributed by atoms with E-state index in [0.29, 0.717) is 11.8 Å². The van der Waals surface area contributed by atoms with Gasteiger partial charge < -0.3 is 4.74 Å². The molecule has 3 rings (SSSR count). The zero-order valence-corrected chi connectivity index (χ0v) is 19.8. The molecule has 1 aromatic rings. The first-order valence-corrected chi connectivity index (χ1v) is 12.3. The molecule has 30 heavy (non-hydrogen) atoms. The van der Waals surface area contributed by atoms with Gasteiger partial charge in [-0.15, -0.1) is 0 Å². The standard InChI is InChI=1S/C29H42O/c1-5-6-13-23-17-18-24(20-23)21-26-22-25(27-15-10-11-16-28(26)27)14-9-7-8-12-19-30-29(2,3)4/h10-11,15-18,20,22,24,26H,5-9,12-14,19,21H2,1-4H3. The summed E-state index contributed by atoms with van der Waals surface area (Å²) in [7, 11) is 0. The molecule has 2 unspecified atom stereocenters. The SMILES string of the molecule is CCCCC1=CC(CC2C=C(CCCCCCOC(C)(C)C)c3ccccc32)C=C1. The fraction of sp³-hybridized carbons (Fsp3) is 0.586.